The Bertz CT molecular complexity index is 1320. The molecule has 0 spiro atoms. The van der Waals surface area contributed by atoms with Gasteiger partial charge in [-0.05, 0) is 47.0 Å². The first kappa shape index (κ1) is 23.5. The van der Waals surface area contributed by atoms with Crippen molar-refractivity contribution in [1.82, 2.24) is 0 Å². The predicted octanol–water partition coefficient (Wildman–Crippen LogP) is 6.49. The number of methoxy groups -OCH3 is 2. The minimum Gasteiger partial charge on any atom is -0.496 e. The fourth-order valence-corrected chi connectivity index (χ4v) is 3.58. The second kappa shape index (κ2) is 11.0. The molecule has 0 aliphatic rings. The lowest BCUT2D eigenvalue weighted by atomic mass is 10.0. The molecule has 4 rings (SSSR count). The van der Waals surface area contributed by atoms with Gasteiger partial charge in [0.25, 0.3) is 0 Å². The molecule has 4 aromatic carbocycles. The molecule has 0 aliphatic heterocycles. The van der Waals surface area contributed by atoms with E-state index in [9.17, 15) is 9.59 Å². The number of carbonyl (C=O) groups excluding carboxylic acids is 2. The minimum atomic E-state index is -0.586. The van der Waals surface area contributed by atoms with E-state index in [2.05, 4.69) is 0 Å². The Morgan fingerprint density at radius 1 is 0.657 bits per heavy atom. The molecule has 5 nitrogen and oxygen atoms in total. The smallest absolute Gasteiger partial charge is 0.351 e. The summed E-state index contributed by atoms with van der Waals surface area (Å²) in [7, 11) is 2.96. The van der Waals surface area contributed by atoms with Crippen LogP contribution in [0.1, 0.15) is 26.3 Å². The summed E-state index contributed by atoms with van der Waals surface area (Å²) < 4.78 is 16.0. The maximum absolute atomic E-state index is 12.7. The Morgan fingerprint density at radius 2 is 1.26 bits per heavy atom. The first-order valence-corrected chi connectivity index (χ1v) is 11.0. The van der Waals surface area contributed by atoms with Crippen LogP contribution >= 0.6 is 0 Å². The fourth-order valence-electron chi connectivity index (χ4n) is 3.58. The van der Waals surface area contributed by atoms with Crippen molar-refractivity contribution in [3.63, 3.8) is 0 Å². The predicted molar refractivity (Wildman–Crippen MR) is 136 cm³/mol. The van der Waals surface area contributed by atoms with Gasteiger partial charge in [0, 0.05) is 5.56 Å². The molecule has 0 heterocycles. The van der Waals surface area contributed by atoms with Crippen molar-refractivity contribution in [2.75, 3.05) is 14.2 Å². The number of ketones is 1. The molecule has 35 heavy (non-hydrogen) atoms. The number of hydrogen-bond acceptors (Lipinski definition) is 5. The van der Waals surface area contributed by atoms with Gasteiger partial charge in [-0.15, -0.1) is 0 Å². The van der Waals surface area contributed by atoms with E-state index in [4.69, 9.17) is 14.2 Å². The highest BCUT2D eigenvalue weighted by molar-refractivity contribution is 6.07. The third-order valence-corrected chi connectivity index (χ3v) is 5.43. The molecule has 0 saturated heterocycles. The molecule has 0 atom stereocenters. The van der Waals surface area contributed by atoms with E-state index < -0.39 is 5.97 Å². The standard InChI is InChI=1S/C30H24O5/c1-33-27-9-6-10-28(34-2)29(27)30(32)35-25-18-11-21(12-19-25)13-20-26(31)24-16-14-23(15-17-24)22-7-4-3-5-8-22/h3-20H,1-2H3/b20-13+. The molecule has 0 saturated carbocycles. The van der Waals surface area contributed by atoms with Gasteiger partial charge in [0.05, 0.1) is 14.2 Å². The van der Waals surface area contributed by atoms with Crippen LogP contribution in [-0.4, -0.2) is 26.0 Å². The Labute approximate surface area is 204 Å². The molecular formula is C30H24O5. The van der Waals surface area contributed by atoms with Gasteiger partial charge in [-0.2, -0.15) is 0 Å². The molecule has 0 aliphatic carbocycles. The maximum atomic E-state index is 12.7. The number of rotatable bonds is 8. The topological polar surface area (TPSA) is 61.8 Å². The van der Waals surface area contributed by atoms with E-state index in [0.29, 0.717) is 22.8 Å². The van der Waals surface area contributed by atoms with Crippen LogP contribution in [0.25, 0.3) is 17.2 Å². The summed E-state index contributed by atoms with van der Waals surface area (Å²) in [6.07, 6.45) is 3.25. The van der Waals surface area contributed by atoms with Crippen molar-refractivity contribution < 1.29 is 23.8 Å². The first-order chi connectivity index (χ1) is 17.1. The number of allylic oxidation sites excluding steroid dienone is 1. The maximum Gasteiger partial charge on any atom is 0.351 e. The summed E-state index contributed by atoms with van der Waals surface area (Å²) in [4.78, 5) is 25.3. The van der Waals surface area contributed by atoms with Gasteiger partial charge in [-0.1, -0.05) is 78.9 Å². The van der Waals surface area contributed by atoms with Gasteiger partial charge in [-0.3, -0.25) is 4.79 Å². The van der Waals surface area contributed by atoms with Crippen LogP contribution in [0.4, 0.5) is 0 Å². The van der Waals surface area contributed by atoms with Crippen molar-refractivity contribution in [2.45, 2.75) is 0 Å². The first-order valence-electron chi connectivity index (χ1n) is 11.0. The SMILES string of the molecule is COc1cccc(OC)c1C(=O)Oc1ccc(/C=C/C(=O)c2ccc(-c3ccccc3)cc2)cc1. The van der Waals surface area contributed by atoms with Crippen LogP contribution in [-0.2, 0) is 0 Å². The molecule has 0 radical (unpaired) electrons. The Balaban J connectivity index is 1.41. The summed E-state index contributed by atoms with van der Waals surface area (Å²) in [6, 6.07) is 29.5. The largest absolute Gasteiger partial charge is 0.496 e. The van der Waals surface area contributed by atoms with Gasteiger partial charge in [0.1, 0.15) is 22.8 Å². The van der Waals surface area contributed by atoms with Gasteiger partial charge in [0.2, 0.25) is 0 Å². The van der Waals surface area contributed by atoms with Crippen molar-refractivity contribution in [3.05, 3.63) is 120 Å². The third kappa shape index (κ3) is 5.65. The highest BCUT2D eigenvalue weighted by Gasteiger charge is 2.20. The zero-order valence-corrected chi connectivity index (χ0v) is 19.4. The summed E-state index contributed by atoms with van der Waals surface area (Å²) >= 11 is 0. The highest BCUT2D eigenvalue weighted by Crippen LogP contribution is 2.29. The molecule has 0 N–H and O–H groups in total. The normalized spacial score (nSPS) is 10.7. The van der Waals surface area contributed by atoms with E-state index in [1.165, 1.54) is 20.3 Å². The number of hydrogen-bond donors (Lipinski definition) is 0. The summed E-state index contributed by atoms with van der Waals surface area (Å²) in [5, 5.41) is 0. The number of ether oxygens (including phenoxy) is 3. The van der Waals surface area contributed by atoms with Crippen LogP contribution in [0.15, 0.2) is 103 Å². The van der Waals surface area contributed by atoms with Gasteiger partial charge in [-0.25, -0.2) is 4.79 Å². The van der Waals surface area contributed by atoms with E-state index in [0.717, 1.165) is 16.7 Å². The molecule has 0 bridgehead atoms. The molecule has 0 fully saturated rings. The molecule has 0 amide bonds. The highest BCUT2D eigenvalue weighted by atomic mass is 16.5. The molecule has 5 heteroatoms. The van der Waals surface area contributed by atoms with Crippen LogP contribution in [0.2, 0.25) is 0 Å². The summed E-state index contributed by atoms with van der Waals surface area (Å²) in [5.74, 6) is 0.413. The molecule has 0 unspecified atom stereocenters. The zero-order chi connectivity index (χ0) is 24.6. The summed E-state index contributed by atoms with van der Waals surface area (Å²) in [5.41, 5.74) is 3.78. The monoisotopic (exact) mass is 464 g/mol. The number of esters is 1. The van der Waals surface area contributed by atoms with Crippen molar-refractivity contribution in [1.29, 1.82) is 0 Å². The third-order valence-electron chi connectivity index (χ3n) is 5.43. The van der Waals surface area contributed by atoms with Gasteiger partial charge >= 0.3 is 5.97 Å². The Hall–Kier alpha value is -4.64. The van der Waals surface area contributed by atoms with Crippen molar-refractivity contribution in [3.8, 4) is 28.4 Å². The molecular weight excluding hydrogens is 440 g/mol. The number of carbonyl (C=O) groups is 2. The van der Waals surface area contributed by atoms with Crippen molar-refractivity contribution >= 4 is 17.8 Å². The molecule has 4 aromatic rings. The minimum absolute atomic E-state index is 0.0941. The summed E-state index contributed by atoms with van der Waals surface area (Å²) in [6.45, 7) is 0. The van der Waals surface area contributed by atoms with Gasteiger partial charge in [0.15, 0.2) is 5.78 Å². The van der Waals surface area contributed by atoms with Gasteiger partial charge < -0.3 is 14.2 Å². The molecule has 174 valence electrons. The lowest BCUT2D eigenvalue weighted by Gasteiger charge is -2.12. The lowest BCUT2D eigenvalue weighted by molar-refractivity contribution is 0.0727. The Kier molecular flexibility index (Phi) is 7.38. The Morgan fingerprint density at radius 3 is 1.86 bits per heavy atom. The quantitative estimate of drug-likeness (QED) is 0.129. The number of benzene rings is 4. The van der Waals surface area contributed by atoms with Crippen LogP contribution in [0.5, 0.6) is 17.2 Å². The van der Waals surface area contributed by atoms with Crippen LogP contribution < -0.4 is 14.2 Å². The molecule has 0 aromatic heterocycles. The second-order valence-corrected chi connectivity index (χ2v) is 7.64. The lowest BCUT2D eigenvalue weighted by Crippen LogP contribution is -2.11. The van der Waals surface area contributed by atoms with E-state index >= 15 is 0 Å². The zero-order valence-electron chi connectivity index (χ0n) is 19.4. The van der Waals surface area contributed by atoms with Crippen LogP contribution in [0.3, 0.4) is 0 Å². The second-order valence-electron chi connectivity index (χ2n) is 7.64. The average Bonchev–Trinajstić information content (AvgIpc) is 2.92. The van der Waals surface area contributed by atoms with E-state index in [1.807, 2.05) is 54.6 Å². The average molecular weight is 465 g/mol. The van der Waals surface area contributed by atoms with E-state index in [-0.39, 0.29) is 11.3 Å². The fraction of sp³-hybridized carbons (Fsp3) is 0.0667. The van der Waals surface area contributed by atoms with E-state index in [1.54, 1.807) is 48.5 Å². The van der Waals surface area contributed by atoms with Crippen molar-refractivity contribution in [2.24, 2.45) is 0 Å². The van der Waals surface area contributed by atoms with Crippen LogP contribution in [0, 0.1) is 0 Å².